The summed E-state index contributed by atoms with van der Waals surface area (Å²) in [5, 5.41) is 4.17. The largest absolute Gasteiger partial charge is 0.313 e. The van der Waals surface area contributed by atoms with Crippen LogP contribution in [0.5, 0.6) is 0 Å². The topological polar surface area (TPSA) is 12.0 Å². The summed E-state index contributed by atoms with van der Waals surface area (Å²) in [6.07, 6.45) is 1.17. The molecule has 0 aliphatic rings. The molecule has 0 unspecified atom stereocenters. The van der Waals surface area contributed by atoms with E-state index in [1.807, 2.05) is 12.1 Å². The van der Waals surface area contributed by atoms with Gasteiger partial charge in [-0.25, -0.2) is 0 Å². The first-order valence-corrected chi connectivity index (χ1v) is 5.07. The Morgan fingerprint density at radius 3 is 2.69 bits per heavy atom. The van der Waals surface area contributed by atoms with E-state index in [1.165, 1.54) is 17.5 Å². The van der Waals surface area contributed by atoms with Crippen LogP contribution in [0.4, 0.5) is 0 Å². The first-order chi connectivity index (χ1) is 6.22. The lowest BCUT2D eigenvalue weighted by Crippen LogP contribution is -2.13. The SMILES string of the molecule is CCCNCc1cc(C)cc(Cl)c1. The van der Waals surface area contributed by atoms with Crippen molar-refractivity contribution in [2.45, 2.75) is 26.8 Å². The quantitative estimate of drug-likeness (QED) is 0.732. The van der Waals surface area contributed by atoms with Crippen LogP contribution in [-0.2, 0) is 6.54 Å². The number of aryl methyl sites for hydroxylation is 1. The number of rotatable bonds is 4. The van der Waals surface area contributed by atoms with Gasteiger partial charge in [-0.05, 0) is 43.1 Å². The lowest BCUT2D eigenvalue weighted by molar-refractivity contribution is 0.675. The number of benzene rings is 1. The maximum Gasteiger partial charge on any atom is 0.0411 e. The van der Waals surface area contributed by atoms with Gasteiger partial charge in [-0.3, -0.25) is 0 Å². The van der Waals surface area contributed by atoms with Crippen molar-refractivity contribution in [1.29, 1.82) is 0 Å². The van der Waals surface area contributed by atoms with E-state index in [2.05, 4.69) is 25.2 Å². The monoisotopic (exact) mass is 197 g/mol. The highest BCUT2D eigenvalue weighted by atomic mass is 35.5. The highest BCUT2D eigenvalue weighted by Gasteiger charge is 1.95. The Hall–Kier alpha value is -0.530. The highest BCUT2D eigenvalue weighted by Crippen LogP contribution is 2.14. The summed E-state index contributed by atoms with van der Waals surface area (Å²) < 4.78 is 0. The number of nitrogens with one attached hydrogen (secondary N) is 1. The Balaban J connectivity index is 2.56. The first kappa shape index (κ1) is 10.6. The van der Waals surface area contributed by atoms with Gasteiger partial charge >= 0.3 is 0 Å². The minimum atomic E-state index is 0.827. The van der Waals surface area contributed by atoms with E-state index >= 15 is 0 Å². The van der Waals surface area contributed by atoms with Crippen LogP contribution in [-0.4, -0.2) is 6.54 Å². The van der Waals surface area contributed by atoms with Gasteiger partial charge in [-0.1, -0.05) is 24.6 Å². The number of hydrogen-bond acceptors (Lipinski definition) is 1. The van der Waals surface area contributed by atoms with Crippen molar-refractivity contribution in [3.8, 4) is 0 Å². The Morgan fingerprint density at radius 1 is 1.31 bits per heavy atom. The molecule has 0 saturated carbocycles. The smallest absolute Gasteiger partial charge is 0.0411 e. The summed E-state index contributed by atoms with van der Waals surface area (Å²) in [5.74, 6) is 0. The van der Waals surface area contributed by atoms with Crippen molar-refractivity contribution < 1.29 is 0 Å². The summed E-state index contributed by atoms with van der Waals surface area (Å²) in [6, 6.07) is 6.15. The minimum absolute atomic E-state index is 0.827. The van der Waals surface area contributed by atoms with Crippen LogP contribution < -0.4 is 5.32 Å². The molecule has 0 amide bonds. The zero-order valence-electron chi connectivity index (χ0n) is 8.23. The second-order valence-corrected chi connectivity index (χ2v) is 3.75. The van der Waals surface area contributed by atoms with Gasteiger partial charge in [0.15, 0.2) is 0 Å². The molecule has 0 fully saturated rings. The van der Waals surface area contributed by atoms with Gasteiger partial charge in [-0.2, -0.15) is 0 Å². The fourth-order valence-corrected chi connectivity index (χ4v) is 1.64. The molecule has 0 heterocycles. The van der Waals surface area contributed by atoms with Gasteiger partial charge < -0.3 is 5.32 Å². The molecule has 1 nitrogen and oxygen atoms in total. The molecule has 0 spiro atoms. The average molecular weight is 198 g/mol. The van der Waals surface area contributed by atoms with Crippen molar-refractivity contribution in [1.82, 2.24) is 5.32 Å². The van der Waals surface area contributed by atoms with Crippen molar-refractivity contribution in [2.75, 3.05) is 6.54 Å². The average Bonchev–Trinajstić information content (AvgIpc) is 2.03. The maximum atomic E-state index is 5.94. The van der Waals surface area contributed by atoms with Crippen LogP contribution in [0.15, 0.2) is 18.2 Å². The van der Waals surface area contributed by atoms with Crippen LogP contribution in [0.1, 0.15) is 24.5 Å². The van der Waals surface area contributed by atoms with Crippen LogP contribution in [0.2, 0.25) is 5.02 Å². The van der Waals surface area contributed by atoms with Crippen molar-refractivity contribution in [3.05, 3.63) is 34.3 Å². The van der Waals surface area contributed by atoms with Crippen LogP contribution in [0, 0.1) is 6.92 Å². The van der Waals surface area contributed by atoms with E-state index in [0.29, 0.717) is 0 Å². The Morgan fingerprint density at radius 2 is 2.08 bits per heavy atom. The maximum absolute atomic E-state index is 5.94. The van der Waals surface area contributed by atoms with E-state index in [0.717, 1.165) is 18.1 Å². The summed E-state index contributed by atoms with van der Waals surface area (Å²) in [7, 11) is 0. The molecule has 1 N–H and O–H groups in total. The molecule has 0 radical (unpaired) electrons. The molecule has 0 aliphatic carbocycles. The third kappa shape index (κ3) is 3.79. The molecule has 13 heavy (non-hydrogen) atoms. The summed E-state index contributed by atoms with van der Waals surface area (Å²) in [4.78, 5) is 0. The molecule has 72 valence electrons. The van der Waals surface area contributed by atoms with Gasteiger partial charge in [0.1, 0.15) is 0 Å². The normalized spacial score (nSPS) is 10.4. The number of halogens is 1. The lowest BCUT2D eigenvalue weighted by Gasteiger charge is -2.04. The molecule has 2 heteroatoms. The third-order valence-corrected chi connectivity index (χ3v) is 2.08. The van der Waals surface area contributed by atoms with Crippen LogP contribution in [0.25, 0.3) is 0 Å². The molecule has 0 aromatic heterocycles. The molecular formula is C11H16ClN. The standard InChI is InChI=1S/C11H16ClN/c1-3-4-13-8-10-5-9(2)6-11(12)7-10/h5-7,13H,3-4,8H2,1-2H3. The summed E-state index contributed by atoms with van der Waals surface area (Å²) >= 11 is 5.94. The molecule has 1 aromatic carbocycles. The van der Waals surface area contributed by atoms with Gasteiger partial charge in [0.2, 0.25) is 0 Å². The van der Waals surface area contributed by atoms with Gasteiger partial charge in [-0.15, -0.1) is 0 Å². The van der Waals surface area contributed by atoms with E-state index in [-0.39, 0.29) is 0 Å². The Kier molecular flexibility index (Phi) is 4.26. The van der Waals surface area contributed by atoms with Crippen molar-refractivity contribution in [2.24, 2.45) is 0 Å². The van der Waals surface area contributed by atoms with Crippen LogP contribution >= 0.6 is 11.6 Å². The zero-order valence-corrected chi connectivity index (χ0v) is 8.99. The number of hydrogen-bond donors (Lipinski definition) is 1. The summed E-state index contributed by atoms with van der Waals surface area (Å²) in [5.41, 5.74) is 2.49. The molecule has 1 rings (SSSR count). The van der Waals surface area contributed by atoms with E-state index < -0.39 is 0 Å². The predicted octanol–water partition coefficient (Wildman–Crippen LogP) is 3.15. The van der Waals surface area contributed by atoms with Gasteiger partial charge in [0, 0.05) is 11.6 Å². The highest BCUT2D eigenvalue weighted by molar-refractivity contribution is 6.30. The van der Waals surface area contributed by atoms with Gasteiger partial charge in [0.05, 0.1) is 0 Å². The second-order valence-electron chi connectivity index (χ2n) is 3.31. The summed E-state index contributed by atoms with van der Waals surface area (Å²) in [6.45, 7) is 6.20. The van der Waals surface area contributed by atoms with Gasteiger partial charge in [0.25, 0.3) is 0 Å². The fourth-order valence-electron chi connectivity index (χ4n) is 1.32. The third-order valence-electron chi connectivity index (χ3n) is 1.86. The van der Waals surface area contributed by atoms with Crippen molar-refractivity contribution >= 4 is 11.6 Å². The molecular weight excluding hydrogens is 182 g/mol. The predicted molar refractivity (Wildman–Crippen MR) is 58.2 cm³/mol. The second kappa shape index (κ2) is 5.25. The Labute approximate surface area is 85.1 Å². The molecule has 0 atom stereocenters. The molecule has 0 saturated heterocycles. The van der Waals surface area contributed by atoms with Crippen LogP contribution in [0.3, 0.4) is 0 Å². The van der Waals surface area contributed by atoms with E-state index in [1.54, 1.807) is 0 Å². The molecule has 0 aliphatic heterocycles. The first-order valence-electron chi connectivity index (χ1n) is 4.69. The minimum Gasteiger partial charge on any atom is -0.313 e. The molecule has 1 aromatic rings. The van der Waals surface area contributed by atoms with E-state index in [9.17, 15) is 0 Å². The zero-order chi connectivity index (χ0) is 9.68. The lowest BCUT2D eigenvalue weighted by atomic mass is 10.1. The fraction of sp³-hybridized carbons (Fsp3) is 0.455. The van der Waals surface area contributed by atoms with E-state index in [4.69, 9.17) is 11.6 Å². The van der Waals surface area contributed by atoms with Crippen molar-refractivity contribution in [3.63, 3.8) is 0 Å². The Bertz CT molecular complexity index is 251. The molecule has 0 bridgehead atoms.